The fourth-order valence-electron chi connectivity index (χ4n) is 2.69. The summed E-state index contributed by atoms with van der Waals surface area (Å²) in [5, 5.41) is 12.7. The topological polar surface area (TPSA) is 71.5 Å². The number of hydrogen-bond acceptors (Lipinski definition) is 4. The van der Waals surface area contributed by atoms with Crippen molar-refractivity contribution in [1.82, 2.24) is 4.98 Å². The molecule has 3 rings (SSSR count). The molecule has 0 bridgehead atoms. The molecular formula is C21H22N2O3. The number of carbonyl (C=O) groups excluding carboxylic acids is 1. The van der Waals surface area contributed by atoms with Crippen LogP contribution in [0, 0.1) is 0 Å². The summed E-state index contributed by atoms with van der Waals surface area (Å²) in [5.74, 6) is 0.194. The SMILES string of the molecule is CC(O)c1ccc(OCC2=CC=CCC2)c(C(=O)Nc2cccnc2)c1. The van der Waals surface area contributed by atoms with Crippen LogP contribution in [0.25, 0.3) is 0 Å². The van der Waals surface area contributed by atoms with Crippen molar-refractivity contribution in [2.75, 3.05) is 11.9 Å². The van der Waals surface area contributed by atoms with Gasteiger partial charge in [-0.3, -0.25) is 9.78 Å². The molecule has 0 radical (unpaired) electrons. The van der Waals surface area contributed by atoms with E-state index in [-0.39, 0.29) is 5.91 Å². The van der Waals surface area contributed by atoms with Gasteiger partial charge in [-0.15, -0.1) is 0 Å². The van der Waals surface area contributed by atoms with E-state index >= 15 is 0 Å². The Morgan fingerprint density at radius 1 is 1.38 bits per heavy atom. The van der Waals surface area contributed by atoms with Crippen molar-refractivity contribution in [3.63, 3.8) is 0 Å². The molecule has 26 heavy (non-hydrogen) atoms. The zero-order chi connectivity index (χ0) is 18.4. The Morgan fingerprint density at radius 2 is 2.27 bits per heavy atom. The number of allylic oxidation sites excluding steroid dienone is 3. The number of aliphatic hydroxyl groups excluding tert-OH is 1. The fourth-order valence-corrected chi connectivity index (χ4v) is 2.69. The van der Waals surface area contributed by atoms with Crippen LogP contribution in [0.5, 0.6) is 5.75 Å². The zero-order valence-corrected chi connectivity index (χ0v) is 14.7. The van der Waals surface area contributed by atoms with Crippen LogP contribution in [0.4, 0.5) is 5.69 Å². The minimum atomic E-state index is -0.666. The number of nitrogens with zero attached hydrogens (tertiary/aromatic N) is 1. The third kappa shape index (κ3) is 4.58. The second-order valence-corrected chi connectivity index (χ2v) is 6.21. The third-order valence-electron chi connectivity index (χ3n) is 4.16. The minimum absolute atomic E-state index is 0.298. The molecule has 5 heteroatoms. The van der Waals surface area contributed by atoms with Gasteiger partial charge in [0.25, 0.3) is 5.91 Å². The first-order chi connectivity index (χ1) is 12.6. The molecule has 1 amide bonds. The van der Waals surface area contributed by atoms with E-state index in [1.54, 1.807) is 49.6 Å². The smallest absolute Gasteiger partial charge is 0.259 e. The highest BCUT2D eigenvalue weighted by Gasteiger charge is 2.16. The summed E-state index contributed by atoms with van der Waals surface area (Å²) in [5.41, 5.74) is 2.84. The molecule has 1 atom stereocenters. The molecule has 134 valence electrons. The lowest BCUT2D eigenvalue weighted by Crippen LogP contribution is -2.15. The number of carbonyl (C=O) groups is 1. The predicted molar refractivity (Wildman–Crippen MR) is 101 cm³/mol. The first-order valence-corrected chi connectivity index (χ1v) is 8.64. The number of aliphatic hydroxyl groups is 1. The highest BCUT2D eigenvalue weighted by atomic mass is 16.5. The minimum Gasteiger partial charge on any atom is -0.488 e. The maximum atomic E-state index is 12.7. The monoisotopic (exact) mass is 350 g/mol. The van der Waals surface area contributed by atoms with E-state index in [1.807, 2.05) is 12.2 Å². The second-order valence-electron chi connectivity index (χ2n) is 6.21. The number of pyridine rings is 1. The van der Waals surface area contributed by atoms with E-state index in [4.69, 9.17) is 4.74 Å². The molecule has 2 N–H and O–H groups in total. The van der Waals surface area contributed by atoms with E-state index in [0.717, 1.165) is 12.8 Å². The number of hydrogen-bond donors (Lipinski definition) is 2. The lowest BCUT2D eigenvalue weighted by Gasteiger charge is -2.16. The van der Waals surface area contributed by atoms with Crippen LogP contribution in [-0.2, 0) is 0 Å². The highest BCUT2D eigenvalue weighted by molar-refractivity contribution is 6.06. The molecule has 1 aliphatic rings. The van der Waals surface area contributed by atoms with Crippen LogP contribution in [-0.4, -0.2) is 22.6 Å². The average Bonchev–Trinajstić information content (AvgIpc) is 2.67. The molecule has 0 spiro atoms. The Morgan fingerprint density at radius 3 is 2.96 bits per heavy atom. The van der Waals surface area contributed by atoms with Crippen molar-refractivity contribution in [3.05, 3.63) is 77.7 Å². The van der Waals surface area contributed by atoms with Crippen LogP contribution < -0.4 is 10.1 Å². The third-order valence-corrected chi connectivity index (χ3v) is 4.16. The van der Waals surface area contributed by atoms with Gasteiger partial charge in [0.2, 0.25) is 0 Å². The number of benzene rings is 1. The molecule has 1 unspecified atom stereocenters. The standard InChI is InChI=1S/C21H22N2O3/c1-15(24)17-9-10-20(26-14-16-6-3-2-4-7-16)19(12-17)21(25)23-18-8-5-11-22-13-18/h2-3,5-6,8-13,15,24H,4,7,14H2,1H3,(H,23,25). The summed E-state index contributed by atoms with van der Waals surface area (Å²) in [4.78, 5) is 16.7. The molecule has 0 fully saturated rings. The van der Waals surface area contributed by atoms with Gasteiger partial charge in [-0.2, -0.15) is 0 Å². The van der Waals surface area contributed by atoms with Crippen LogP contribution in [0.15, 0.2) is 66.5 Å². The summed E-state index contributed by atoms with van der Waals surface area (Å²) in [6.45, 7) is 2.10. The van der Waals surface area contributed by atoms with Crippen molar-refractivity contribution < 1.29 is 14.6 Å². The van der Waals surface area contributed by atoms with Gasteiger partial charge in [0.1, 0.15) is 12.4 Å². The molecule has 2 aromatic rings. The highest BCUT2D eigenvalue weighted by Crippen LogP contribution is 2.26. The summed E-state index contributed by atoms with van der Waals surface area (Å²) >= 11 is 0. The van der Waals surface area contributed by atoms with Gasteiger partial charge in [-0.05, 0) is 55.2 Å². The number of aromatic nitrogens is 1. The Labute approximate surface area is 153 Å². The quantitative estimate of drug-likeness (QED) is 0.825. The van der Waals surface area contributed by atoms with Crippen LogP contribution in [0.2, 0.25) is 0 Å². The van der Waals surface area contributed by atoms with Crippen molar-refractivity contribution in [2.24, 2.45) is 0 Å². The Hall–Kier alpha value is -2.92. The summed E-state index contributed by atoms with van der Waals surface area (Å²) < 4.78 is 5.91. The van der Waals surface area contributed by atoms with Crippen LogP contribution in [0.3, 0.4) is 0 Å². The number of rotatable bonds is 6. The molecule has 1 heterocycles. The van der Waals surface area contributed by atoms with Crippen molar-refractivity contribution in [2.45, 2.75) is 25.9 Å². The van der Waals surface area contributed by atoms with Gasteiger partial charge in [0.05, 0.1) is 23.6 Å². The van der Waals surface area contributed by atoms with Crippen molar-refractivity contribution >= 4 is 11.6 Å². The molecular weight excluding hydrogens is 328 g/mol. The molecule has 5 nitrogen and oxygen atoms in total. The predicted octanol–water partition coefficient (Wildman–Crippen LogP) is 4.04. The number of nitrogens with one attached hydrogen (secondary N) is 1. The molecule has 1 aliphatic carbocycles. The fraction of sp³-hybridized carbons (Fsp3) is 0.238. The van der Waals surface area contributed by atoms with Crippen molar-refractivity contribution in [3.8, 4) is 5.75 Å². The van der Waals surface area contributed by atoms with Gasteiger partial charge in [0, 0.05) is 6.20 Å². The van der Waals surface area contributed by atoms with E-state index in [2.05, 4.69) is 16.4 Å². The molecule has 1 aromatic heterocycles. The van der Waals surface area contributed by atoms with E-state index in [0.29, 0.717) is 29.2 Å². The van der Waals surface area contributed by atoms with Gasteiger partial charge in [-0.1, -0.05) is 24.3 Å². The maximum Gasteiger partial charge on any atom is 0.259 e. The summed E-state index contributed by atoms with van der Waals surface area (Å²) in [6.07, 6.45) is 10.7. The van der Waals surface area contributed by atoms with Gasteiger partial charge < -0.3 is 15.2 Å². The summed E-state index contributed by atoms with van der Waals surface area (Å²) in [6, 6.07) is 8.70. The average molecular weight is 350 g/mol. The normalized spacial score (nSPS) is 14.5. The Kier molecular flexibility index (Phi) is 5.81. The van der Waals surface area contributed by atoms with Gasteiger partial charge in [0.15, 0.2) is 0 Å². The largest absolute Gasteiger partial charge is 0.488 e. The van der Waals surface area contributed by atoms with E-state index in [1.165, 1.54) is 5.57 Å². The molecule has 0 saturated heterocycles. The Balaban J connectivity index is 1.82. The summed E-state index contributed by atoms with van der Waals surface area (Å²) in [7, 11) is 0. The molecule has 0 saturated carbocycles. The lowest BCUT2D eigenvalue weighted by molar-refractivity contribution is 0.102. The number of anilines is 1. The van der Waals surface area contributed by atoms with E-state index < -0.39 is 6.10 Å². The number of amides is 1. The lowest BCUT2D eigenvalue weighted by atomic mass is 10.0. The van der Waals surface area contributed by atoms with Crippen molar-refractivity contribution in [1.29, 1.82) is 0 Å². The molecule has 1 aromatic carbocycles. The maximum absolute atomic E-state index is 12.7. The zero-order valence-electron chi connectivity index (χ0n) is 14.7. The van der Waals surface area contributed by atoms with Crippen LogP contribution in [0.1, 0.15) is 41.8 Å². The Bertz CT molecular complexity index is 826. The first-order valence-electron chi connectivity index (χ1n) is 8.64. The molecule has 0 aliphatic heterocycles. The van der Waals surface area contributed by atoms with Crippen LogP contribution >= 0.6 is 0 Å². The van der Waals surface area contributed by atoms with Gasteiger partial charge >= 0.3 is 0 Å². The first kappa shape index (κ1) is 17.9. The number of ether oxygens (including phenoxy) is 1. The van der Waals surface area contributed by atoms with Gasteiger partial charge in [-0.25, -0.2) is 0 Å². The second kappa shape index (κ2) is 8.45. The van der Waals surface area contributed by atoms with E-state index in [9.17, 15) is 9.90 Å².